The Kier molecular flexibility index (Phi) is 6.38. The SMILES string of the molecule is COc1ccc(/C=N/NC(=O)CCCO)cc1OC. The molecule has 0 fully saturated rings. The van der Waals surface area contributed by atoms with E-state index in [1.165, 1.54) is 6.21 Å². The second kappa shape index (κ2) is 8.10. The molecule has 2 N–H and O–H groups in total. The molecule has 0 aliphatic carbocycles. The molecule has 19 heavy (non-hydrogen) atoms. The van der Waals surface area contributed by atoms with Crippen LogP contribution in [0.25, 0.3) is 0 Å². The summed E-state index contributed by atoms with van der Waals surface area (Å²) in [5.74, 6) is 0.996. The van der Waals surface area contributed by atoms with Gasteiger partial charge in [-0.2, -0.15) is 5.10 Å². The third-order valence-corrected chi connectivity index (χ3v) is 2.37. The maximum Gasteiger partial charge on any atom is 0.240 e. The first-order chi connectivity index (χ1) is 9.21. The van der Waals surface area contributed by atoms with Gasteiger partial charge in [-0.25, -0.2) is 5.43 Å². The summed E-state index contributed by atoms with van der Waals surface area (Å²) in [6.45, 7) is -0.00713. The third-order valence-electron chi connectivity index (χ3n) is 2.37. The molecule has 1 aromatic rings. The average Bonchev–Trinajstić information content (AvgIpc) is 2.44. The second-order valence-electron chi connectivity index (χ2n) is 3.73. The Bertz CT molecular complexity index is 446. The van der Waals surface area contributed by atoms with Crippen LogP contribution in [0, 0.1) is 0 Å². The Labute approximate surface area is 112 Å². The third kappa shape index (κ3) is 4.97. The highest BCUT2D eigenvalue weighted by Crippen LogP contribution is 2.26. The van der Waals surface area contributed by atoms with Gasteiger partial charge in [0.25, 0.3) is 0 Å². The molecule has 104 valence electrons. The summed E-state index contributed by atoms with van der Waals surface area (Å²) in [7, 11) is 3.11. The Balaban J connectivity index is 2.59. The monoisotopic (exact) mass is 266 g/mol. The smallest absolute Gasteiger partial charge is 0.240 e. The minimum Gasteiger partial charge on any atom is -0.493 e. The molecular weight excluding hydrogens is 248 g/mol. The van der Waals surface area contributed by atoms with Crippen molar-refractivity contribution < 1.29 is 19.4 Å². The normalized spacial score (nSPS) is 10.5. The molecule has 0 unspecified atom stereocenters. The van der Waals surface area contributed by atoms with E-state index in [0.29, 0.717) is 17.9 Å². The molecule has 0 atom stereocenters. The topological polar surface area (TPSA) is 80.2 Å². The lowest BCUT2D eigenvalue weighted by Gasteiger charge is -2.07. The average molecular weight is 266 g/mol. The number of aliphatic hydroxyl groups is 1. The molecule has 0 aliphatic rings. The second-order valence-corrected chi connectivity index (χ2v) is 3.73. The van der Waals surface area contributed by atoms with Crippen LogP contribution in [-0.2, 0) is 4.79 Å². The molecule has 0 bridgehead atoms. The highest BCUT2D eigenvalue weighted by molar-refractivity contribution is 5.83. The fourth-order valence-electron chi connectivity index (χ4n) is 1.41. The van der Waals surface area contributed by atoms with E-state index in [1.807, 2.05) is 0 Å². The number of ether oxygens (including phenoxy) is 2. The fraction of sp³-hybridized carbons (Fsp3) is 0.385. The molecule has 0 saturated heterocycles. The molecule has 1 rings (SSSR count). The van der Waals surface area contributed by atoms with Crippen molar-refractivity contribution in [1.29, 1.82) is 0 Å². The predicted octanol–water partition coefficient (Wildman–Crippen LogP) is 0.926. The van der Waals surface area contributed by atoms with Gasteiger partial charge >= 0.3 is 0 Å². The van der Waals surface area contributed by atoms with Gasteiger partial charge in [0, 0.05) is 13.0 Å². The molecule has 0 saturated carbocycles. The quantitative estimate of drug-likeness (QED) is 0.568. The number of methoxy groups -OCH3 is 2. The van der Waals surface area contributed by atoms with Gasteiger partial charge in [-0.1, -0.05) is 0 Å². The van der Waals surface area contributed by atoms with Crippen molar-refractivity contribution in [3.05, 3.63) is 23.8 Å². The Morgan fingerprint density at radius 1 is 1.37 bits per heavy atom. The standard InChI is InChI=1S/C13H18N2O4/c1-18-11-6-5-10(8-12(11)19-2)9-14-15-13(17)4-3-7-16/h5-6,8-9,16H,3-4,7H2,1-2H3,(H,15,17)/b14-9+. The van der Waals surface area contributed by atoms with Gasteiger partial charge in [0.2, 0.25) is 5.91 Å². The number of hydrazone groups is 1. The van der Waals surface area contributed by atoms with E-state index in [-0.39, 0.29) is 18.9 Å². The van der Waals surface area contributed by atoms with Crippen molar-refractivity contribution >= 4 is 12.1 Å². The van der Waals surface area contributed by atoms with Crippen molar-refractivity contribution in [3.8, 4) is 11.5 Å². The highest BCUT2D eigenvalue weighted by atomic mass is 16.5. The summed E-state index contributed by atoms with van der Waals surface area (Å²) in [5, 5.41) is 12.4. The number of carbonyl (C=O) groups excluding carboxylic acids is 1. The molecule has 0 heterocycles. The molecular formula is C13H18N2O4. The van der Waals surface area contributed by atoms with E-state index in [2.05, 4.69) is 10.5 Å². The number of aliphatic hydroxyl groups excluding tert-OH is 1. The van der Waals surface area contributed by atoms with Crippen LogP contribution in [0.5, 0.6) is 11.5 Å². The number of nitrogens with zero attached hydrogens (tertiary/aromatic N) is 1. The van der Waals surface area contributed by atoms with Crippen molar-refractivity contribution in [2.24, 2.45) is 5.10 Å². The van der Waals surface area contributed by atoms with Crippen LogP contribution in [0.2, 0.25) is 0 Å². The summed E-state index contributed by atoms with van der Waals surface area (Å²) < 4.78 is 10.3. The van der Waals surface area contributed by atoms with Crippen molar-refractivity contribution in [1.82, 2.24) is 5.43 Å². The zero-order chi connectivity index (χ0) is 14.1. The van der Waals surface area contributed by atoms with Gasteiger partial charge in [0.15, 0.2) is 11.5 Å². The molecule has 0 aliphatic heterocycles. The van der Waals surface area contributed by atoms with E-state index in [9.17, 15) is 4.79 Å². The first-order valence-electron chi connectivity index (χ1n) is 5.86. The molecule has 6 nitrogen and oxygen atoms in total. The van der Waals surface area contributed by atoms with Crippen molar-refractivity contribution in [2.75, 3.05) is 20.8 Å². The summed E-state index contributed by atoms with van der Waals surface area (Å²) in [6.07, 6.45) is 2.19. The lowest BCUT2D eigenvalue weighted by Crippen LogP contribution is -2.17. The van der Waals surface area contributed by atoms with Crippen LogP contribution in [0.15, 0.2) is 23.3 Å². The number of nitrogens with one attached hydrogen (secondary N) is 1. The van der Waals surface area contributed by atoms with E-state index in [4.69, 9.17) is 14.6 Å². The van der Waals surface area contributed by atoms with Gasteiger partial charge in [0.05, 0.1) is 20.4 Å². The van der Waals surface area contributed by atoms with Crippen LogP contribution in [-0.4, -0.2) is 38.1 Å². The number of carbonyl (C=O) groups is 1. The first kappa shape index (κ1) is 15.0. The van der Waals surface area contributed by atoms with Crippen LogP contribution in [0.3, 0.4) is 0 Å². The summed E-state index contributed by atoms with van der Waals surface area (Å²) in [6, 6.07) is 5.31. The number of hydrogen-bond donors (Lipinski definition) is 2. The molecule has 0 radical (unpaired) electrons. The number of benzene rings is 1. The van der Waals surface area contributed by atoms with Crippen LogP contribution < -0.4 is 14.9 Å². The van der Waals surface area contributed by atoms with E-state index >= 15 is 0 Å². The summed E-state index contributed by atoms with van der Waals surface area (Å²) >= 11 is 0. The Morgan fingerprint density at radius 2 is 2.11 bits per heavy atom. The lowest BCUT2D eigenvalue weighted by molar-refractivity contribution is -0.121. The largest absolute Gasteiger partial charge is 0.493 e. The van der Waals surface area contributed by atoms with Gasteiger partial charge in [-0.05, 0) is 30.2 Å². The van der Waals surface area contributed by atoms with E-state index in [0.717, 1.165) is 5.56 Å². The zero-order valence-electron chi connectivity index (χ0n) is 11.0. The molecule has 1 amide bonds. The zero-order valence-corrected chi connectivity index (χ0v) is 11.0. The fourth-order valence-corrected chi connectivity index (χ4v) is 1.41. The number of amides is 1. The Hall–Kier alpha value is -2.08. The first-order valence-corrected chi connectivity index (χ1v) is 5.86. The minimum absolute atomic E-state index is 0.00713. The van der Waals surface area contributed by atoms with E-state index in [1.54, 1.807) is 32.4 Å². The molecule has 0 spiro atoms. The van der Waals surface area contributed by atoms with Crippen LogP contribution >= 0.6 is 0 Å². The minimum atomic E-state index is -0.231. The predicted molar refractivity (Wildman–Crippen MR) is 71.6 cm³/mol. The number of rotatable bonds is 7. The van der Waals surface area contributed by atoms with Crippen molar-refractivity contribution in [2.45, 2.75) is 12.8 Å². The van der Waals surface area contributed by atoms with Gasteiger partial charge in [-0.3, -0.25) is 4.79 Å². The van der Waals surface area contributed by atoms with Crippen molar-refractivity contribution in [3.63, 3.8) is 0 Å². The maximum absolute atomic E-state index is 11.2. The van der Waals surface area contributed by atoms with E-state index < -0.39 is 0 Å². The van der Waals surface area contributed by atoms with Gasteiger partial charge in [0.1, 0.15) is 0 Å². The summed E-state index contributed by atoms with van der Waals surface area (Å²) in [5.41, 5.74) is 3.16. The van der Waals surface area contributed by atoms with Crippen LogP contribution in [0.4, 0.5) is 0 Å². The highest BCUT2D eigenvalue weighted by Gasteiger charge is 2.03. The summed E-state index contributed by atoms with van der Waals surface area (Å²) in [4.78, 5) is 11.2. The Morgan fingerprint density at radius 3 is 2.74 bits per heavy atom. The molecule has 1 aromatic carbocycles. The lowest BCUT2D eigenvalue weighted by atomic mass is 10.2. The van der Waals surface area contributed by atoms with Crippen LogP contribution in [0.1, 0.15) is 18.4 Å². The molecule has 6 heteroatoms. The van der Waals surface area contributed by atoms with Gasteiger partial charge in [-0.15, -0.1) is 0 Å². The van der Waals surface area contributed by atoms with Gasteiger partial charge < -0.3 is 14.6 Å². The molecule has 0 aromatic heterocycles. The maximum atomic E-state index is 11.2. The number of hydrogen-bond acceptors (Lipinski definition) is 5.